The molecule has 84 valence electrons. The zero-order valence-corrected chi connectivity index (χ0v) is 10.1. The molecule has 1 rings (SSSR count). The fourth-order valence-corrected chi connectivity index (χ4v) is 2.13. The van der Waals surface area contributed by atoms with E-state index in [2.05, 4.69) is 11.6 Å². The van der Waals surface area contributed by atoms with Crippen LogP contribution in [-0.4, -0.2) is 31.1 Å². The van der Waals surface area contributed by atoms with E-state index in [-0.39, 0.29) is 0 Å². The van der Waals surface area contributed by atoms with Crippen LogP contribution in [0.15, 0.2) is 0 Å². The molecule has 1 aliphatic carbocycles. The first-order valence-electron chi connectivity index (χ1n) is 5.79. The summed E-state index contributed by atoms with van der Waals surface area (Å²) in [6, 6.07) is 0.556. The highest BCUT2D eigenvalue weighted by Crippen LogP contribution is 2.31. The van der Waals surface area contributed by atoms with E-state index in [4.69, 9.17) is 5.73 Å². The van der Waals surface area contributed by atoms with Gasteiger partial charge in [0.2, 0.25) is 0 Å². The van der Waals surface area contributed by atoms with Gasteiger partial charge >= 0.3 is 0 Å². The third kappa shape index (κ3) is 5.89. The van der Waals surface area contributed by atoms with Gasteiger partial charge in [0.25, 0.3) is 0 Å². The molecule has 2 nitrogen and oxygen atoms in total. The van der Waals surface area contributed by atoms with E-state index in [1.54, 1.807) is 0 Å². The summed E-state index contributed by atoms with van der Waals surface area (Å²) >= 11 is 1.92. The van der Waals surface area contributed by atoms with Crippen molar-refractivity contribution in [3.63, 3.8) is 0 Å². The molecule has 0 saturated heterocycles. The highest BCUT2D eigenvalue weighted by atomic mass is 32.2. The van der Waals surface area contributed by atoms with Crippen molar-refractivity contribution in [3.05, 3.63) is 0 Å². The van der Waals surface area contributed by atoms with Gasteiger partial charge in [0, 0.05) is 12.6 Å². The van der Waals surface area contributed by atoms with Crippen LogP contribution in [0, 0.1) is 5.92 Å². The summed E-state index contributed by atoms with van der Waals surface area (Å²) in [5.41, 5.74) is 5.72. The lowest BCUT2D eigenvalue weighted by Gasteiger charge is -2.16. The number of thioether (sulfide) groups is 1. The first kappa shape index (κ1) is 12.3. The van der Waals surface area contributed by atoms with Crippen LogP contribution in [0.4, 0.5) is 0 Å². The summed E-state index contributed by atoms with van der Waals surface area (Å²) in [5.74, 6) is 2.30. The topological polar surface area (TPSA) is 38.0 Å². The highest BCUT2D eigenvalue weighted by molar-refractivity contribution is 7.98. The molecular formula is C11H24N2S. The van der Waals surface area contributed by atoms with E-state index < -0.39 is 0 Å². The number of nitrogens with one attached hydrogen (secondary N) is 1. The van der Waals surface area contributed by atoms with Crippen LogP contribution in [0.1, 0.15) is 32.1 Å². The second-order valence-corrected chi connectivity index (χ2v) is 5.24. The Kier molecular flexibility index (Phi) is 6.65. The van der Waals surface area contributed by atoms with Crippen molar-refractivity contribution in [2.75, 3.05) is 25.1 Å². The molecule has 1 atom stereocenters. The molecule has 1 unspecified atom stereocenters. The molecule has 1 fully saturated rings. The number of nitrogens with two attached hydrogens (primary N) is 1. The minimum Gasteiger partial charge on any atom is -0.329 e. The highest BCUT2D eigenvalue weighted by Gasteiger charge is 2.20. The fraction of sp³-hybridized carbons (Fsp3) is 1.00. The van der Waals surface area contributed by atoms with Crippen molar-refractivity contribution in [1.29, 1.82) is 0 Å². The largest absolute Gasteiger partial charge is 0.329 e. The third-order valence-corrected chi connectivity index (χ3v) is 3.57. The van der Waals surface area contributed by atoms with Gasteiger partial charge in [-0.15, -0.1) is 0 Å². The Morgan fingerprint density at radius 3 is 2.86 bits per heavy atom. The summed E-state index contributed by atoms with van der Waals surface area (Å²) < 4.78 is 0. The molecule has 3 N–H and O–H groups in total. The van der Waals surface area contributed by atoms with Gasteiger partial charge in [-0.3, -0.25) is 0 Å². The minimum atomic E-state index is 0.556. The van der Waals surface area contributed by atoms with Crippen LogP contribution in [0.5, 0.6) is 0 Å². The lowest BCUT2D eigenvalue weighted by atomic mass is 10.1. The Bertz CT molecular complexity index is 137. The molecule has 1 saturated carbocycles. The molecule has 1 aliphatic rings. The van der Waals surface area contributed by atoms with Crippen LogP contribution >= 0.6 is 11.8 Å². The summed E-state index contributed by atoms with van der Waals surface area (Å²) in [4.78, 5) is 0. The molecule has 14 heavy (non-hydrogen) atoms. The predicted octanol–water partition coefficient (Wildman–Crippen LogP) is 1.85. The zero-order valence-electron chi connectivity index (χ0n) is 9.30. The third-order valence-electron chi connectivity index (χ3n) is 2.87. The summed E-state index contributed by atoms with van der Waals surface area (Å²) in [6.07, 6.45) is 8.97. The Morgan fingerprint density at radius 2 is 2.29 bits per heavy atom. The van der Waals surface area contributed by atoms with Crippen molar-refractivity contribution < 1.29 is 0 Å². The molecule has 0 spiro atoms. The van der Waals surface area contributed by atoms with Gasteiger partial charge in [-0.25, -0.2) is 0 Å². The molecule has 0 bridgehead atoms. The maximum atomic E-state index is 5.72. The molecule has 0 aromatic heterocycles. The van der Waals surface area contributed by atoms with Crippen LogP contribution < -0.4 is 11.1 Å². The van der Waals surface area contributed by atoms with Gasteiger partial charge in [0.05, 0.1) is 0 Å². The maximum absolute atomic E-state index is 5.72. The summed E-state index contributed by atoms with van der Waals surface area (Å²) in [6.45, 7) is 1.96. The molecule has 0 aromatic carbocycles. The SMILES string of the molecule is CSCCCC(CN)NCCC1CC1. The van der Waals surface area contributed by atoms with Gasteiger partial charge in [0.15, 0.2) is 0 Å². The monoisotopic (exact) mass is 216 g/mol. The van der Waals surface area contributed by atoms with Crippen molar-refractivity contribution >= 4 is 11.8 Å². The molecule has 0 aliphatic heterocycles. The quantitative estimate of drug-likeness (QED) is 0.578. The van der Waals surface area contributed by atoms with Crippen molar-refractivity contribution in [2.45, 2.75) is 38.1 Å². The number of rotatable bonds is 9. The average molecular weight is 216 g/mol. The Balaban J connectivity index is 1.92. The van der Waals surface area contributed by atoms with E-state index in [0.29, 0.717) is 6.04 Å². The molecular weight excluding hydrogens is 192 g/mol. The maximum Gasteiger partial charge on any atom is 0.0190 e. The molecule has 3 heteroatoms. The average Bonchev–Trinajstić information content (AvgIpc) is 2.99. The van der Waals surface area contributed by atoms with Gasteiger partial charge < -0.3 is 11.1 Å². The number of hydrogen-bond donors (Lipinski definition) is 2. The van der Waals surface area contributed by atoms with Crippen molar-refractivity contribution in [3.8, 4) is 0 Å². The first-order chi connectivity index (χ1) is 6.86. The minimum absolute atomic E-state index is 0.556. The molecule has 0 aromatic rings. The lowest BCUT2D eigenvalue weighted by molar-refractivity contribution is 0.470. The van der Waals surface area contributed by atoms with Crippen molar-refractivity contribution in [1.82, 2.24) is 5.32 Å². The Morgan fingerprint density at radius 1 is 1.50 bits per heavy atom. The van der Waals surface area contributed by atoms with Crippen LogP contribution in [-0.2, 0) is 0 Å². The zero-order chi connectivity index (χ0) is 10.2. The van der Waals surface area contributed by atoms with Crippen molar-refractivity contribution in [2.24, 2.45) is 11.7 Å². The lowest BCUT2D eigenvalue weighted by Crippen LogP contribution is -2.36. The van der Waals surface area contributed by atoms with E-state index in [1.165, 1.54) is 44.4 Å². The van der Waals surface area contributed by atoms with E-state index in [0.717, 1.165) is 12.5 Å². The van der Waals surface area contributed by atoms with E-state index in [9.17, 15) is 0 Å². The molecule has 0 radical (unpaired) electrons. The second-order valence-electron chi connectivity index (χ2n) is 4.25. The number of hydrogen-bond acceptors (Lipinski definition) is 3. The Hall–Kier alpha value is 0.270. The van der Waals surface area contributed by atoms with Crippen LogP contribution in [0.3, 0.4) is 0 Å². The van der Waals surface area contributed by atoms with Gasteiger partial charge in [-0.05, 0) is 43.7 Å². The van der Waals surface area contributed by atoms with Crippen LogP contribution in [0.2, 0.25) is 0 Å². The summed E-state index contributed by atoms with van der Waals surface area (Å²) in [7, 11) is 0. The summed E-state index contributed by atoms with van der Waals surface area (Å²) in [5, 5.41) is 3.57. The fourth-order valence-electron chi connectivity index (χ4n) is 1.68. The van der Waals surface area contributed by atoms with Crippen LogP contribution in [0.25, 0.3) is 0 Å². The smallest absolute Gasteiger partial charge is 0.0190 e. The standard InChI is InChI=1S/C11H24N2S/c1-14-8-2-3-11(9-12)13-7-6-10-4-5-10/h10-11,13H,2-9,12H2,1H3. The molecule has 0 heterocycles. The normalized spacial score (nSPS) is 18.4. The predicted molar refractivity (Wildman–Crippen MR) is 65.8 cm³/mol. The van der Waals surface area contributed by atoms with Gasteiger partial charge in [0.1, 0.15) is 0 Å². The first-order valence-corrected chi connectivity index (χ1v) is 7.18. The van der Waals surface area contributed by atoms with Gasteiger partial charge in [-0.2, -0.15) is 11.8 Å². The Labute approximate surface area is 92.4 Å². The molecule has 0 amide bonds. The van der Waals surface area contributed by atoms with E-state index in [1.807, 2.05) is 11.8 Å². The van der Waals surface area contributed by atoms with Gasteiger partial charge in [-0.1, -0.05) is 12.8 Å². The van der Waals surface area contributed by atoms with E-state index >= 15 is 0 Å². The second kappa shape index (κ2) is 7.55.